The Morgan fingerprint density at radius 1 is 1.07 bits per heavy atom. The fourth-order valence-corrected chi connectivity index (χ4v) is 3.98. The van der Waals surface area contributed by atoms with Gasteiger partial charge in [-0.25, -0.2) is 0 Å². The smallest absolute Gasteiger partial charge is 0.416 e. The van der Waals surface area contributed by atoms with E-state index in [2.05, 4.69) is 0 Å². The van der Waals surface area contributed by atoms with E-state index in [0.29, 0.717) is 12.1 Å². The van der Waals surface area contributed by atoms with E-state index in [1.807, 2.05) is 0 Å². The Morgan fingerprint density at radius 2 is 1.61 bits per heavy atom. The van der Waals surface area contributed by atoms with Gasteiger partial charge in [0, 0.05) is 26.4 Å². The van der Waals surface area contributed by atoms with Crippen molar-refractivity contribution < 1.29 is 36.4 Å². The molecule has 0 aliphatic carbocycles. The molecule has 0 saturated carbocycles. The largest absolute Gasteiger partial charge is 0.454 e. The molecule has 7 nitrogen and oxygen atoms in total. The molecule has 0 unspecified atom stereocenters. The fraction of sp³-hybridized carbons (Fsp3) is 0.200. The van der Waals surface area contributed by atoms with Gasteiger partial charge in [-0.05, 0) is 18.2 Å². The van der Waals surface area contributed by atoms with Crippen LogP contribution in [0.25, 0.3) is 0 Å². The van der Waals surface area contributed by atoms with Crippen LogP contribution in [0.1, 0.15) is 5.56 Å². The number of benzene rings is 2. The summed E-state index contributed by atoms with van der Waals surface area (Å²) in [6, 6.07) is 4.33. The molecule has 0 radical (unpaired) electrons. The second-order valence-corrected chi connectivity index (χ2v) is 8.16. The first-order valence-corrected chi connectivity index (χ1v) is 9.47. The van der Waals surface area contributed by atoms with E-state index in [0.717, 1.165) is 32.4 Å². The van der Waals surface area contributed by atoms with Crippen LogP contribution in [-0.2, 0) is 19.8 Å². The van der Waals surface area contributed by atoms with E-state index >= 15 is 0 Å². The zero-order valence-electron chi connectivity index (χ0n) is 14.1. The average molecular weight is 460 g/mol. The van der Waals surface area contributed by atoms with Crippen LogP contribution in [0.2, 0.25) is 10.0 Å². The highest BCUT2D eigenvalue weighted by molar-refractivity contribution is 7.62. The van der Waals surface area contributed by atoms with E-state index in [9.17, 15) is 27.9 Å². The third kappa shape index (κ3) is 4.59. The Bertz CT molecular complexity index is 938. The molecular weight excluding hydrogens is 449 g/mol. The number of alkyl halides is 3. The van der Waals surface area contributed by atoms with E-state index in [1.165, 1.54) is 0 Å². The van der Waals surface area contributed by atoms with E-state index in [1.54, 1.807) is 0 Å². The van der Waals surface area contributed by atoms with Crippen LogP contribution in [-0.4, -0.2) is 19.1 Å². The third-order valence-electron chi connectivity index (χ3n) is 3.46. The summed E-state index contributed by atoms with van der Waals surface area (Å²) in [5.74, 6) is -0.459. The van der Waals surface area contributed by atoms with Crippen LogP contribution in [0, 0.1) is 10.1 Å². The first-order chi connectivity index (χ1) is 12.9. The number of hydrogen-bond acceptors (Lipinski definition) is 6. The fourth-order valence-electron chi connectivity index (χ4n) is 2.15. The summed E-state index contributed by atoms with van der Waals surface area (Å²) in [5, 5.41) is 9.89. The molecule has 152 valence electrons. The topological polar surface area (TPSA) is 87.9 Å². The van der Waals surface area contributed by atoms with Gasteiger partial charge in [0.05, 0.1) is 20.5 Å². The summed E-state index contributed by atoms with van der Waals surface area (Å²) < 4.78 is 65.9. The highest BCUT2D eigenvalue weighted by Gasteiger charge is 2.35. The second kappa shape index (κ2) is 8.26. The molecule has 2 aromatic rings. The number of nitro groups is 1. The molecule has 0 N–H and O–H groups in total. The van der Waals surface area contributed by atoms with Crippen LogP contribution in [0.5, 0.6) is 11.5 Å². The molecule has 2 aromatic carbocycles. The number of rotatable bonds is 6. The quantitative estimate of drug-likeness (QED) is 0.307. The van der Waals surface area contributed by atoms with Crippen molar-refractivity contribution >= 4 is 41.8 Å². The van der Waals surface area contributed by atoms with Crippen molar-refractivity contribution in [2.24, 2.45) is 0 Å². The molecule has 13 heteroatoms. The zero-order chi connectivity index (χ0) is 21.3. The minimum atomic E-state index is -4.67. The van der Waals surface area contributed by atoms with E-state index in [4.69, 9.17) is 37.0 Å². The van der Waals surface area contributed by atoms with Crippen LogP contribution < -0.4 is 10.0 Å². The molecule has 0 amide bonds. The van der Waals surface area contributed by atoms with Gasteiger partial charge in [-0.1, -0.05) is 23.2 Å². The van der Waals surface area contributed by atoms with Gasteiger partial charge in [0.2, 0.25) is 0 Å². The average Bonchev–Trinajstić information content (AvgIpc) is 2.62. The van der Waals surface area contributed by atoms with Crippen molar-refractivity contribution in [3.05, 3.63) is 56.1 Å². The number of nitro benzene ring substituents is 1. The minimum Gasteiger partial charge on any atom is -0.454 e. The molecule has 0 spiro atoms. The van der Waals surface area contributed by atoms with Gasteiger partial charge in [-0.2, -0.15) is 13.2 Å². The highest BCUT2D eigenvalue weighted by atomic mass is 35.5. The standard InChI is InChI=1S/C15H11Cl2F3NO6P/c1-25-28(24,26-2)13-7-9(3-4-12(13)21(22)23)27-14-10(16)5-8(6-11(14)17)15(18,19)20/h3-7H,1-2H3. The Balaban J connectivity index is 2.54. The molecule has 0 atom stereocenters. The summed E-state index contributed by atoms with van der Waals surface area (Å²) >= 11 is 11.7. The van der Waals surface area contributed by atoms with Crippen LogP contribution >= 0.6 is 30.8 Å². The summed E-state index contributed by atoms with van der Waals surface area (Å²) in [4.78, 5) is 10.4. The maximum atomic E-state index is 12.8. The molecule has 0 aliphatic rings. The van der Waals surface area contributed by atoms with Crippen molar-refractivity contribution in [3.63, 3.8) is 0 Å². The Labute approximate surface area is 166 Å². The molecule has 28 heavy (non-hydrogen) atoms. The van der Waals surface area contributed by atoms with Gasteiger partial charge in [0.25, 0.3) is 5.69 Å². The summed E-state index contributed by atoms with van der Waals surface area (Å²) in [5.41, 5.74) is -1.65. The molecule has 0 saturated heterocycles. The number of hydrogen-bond donors (Lipinski definition) is 0. The third-order valence-corrected chi connectivity index (χ3v) is 5.94. The van der Waals surface area contributed by atoms with Crippen molar-refractivity contribution in [1.29, 1.82) is 0 Å². The maximum Gasteiger partial charge on any atom is 0.416 e. The molecule has 0 aromatic heterocycles. The van der Waals surface area contributed by atoms with Gasteiger partial charge in [0.1, 0.15) is 11.1 Å². The molecular formula is C15H11Cl2F3NO6P. The van der Waals surface area contributed by atoms with Crippen LogP contribution in [0.15, 0.2) is 30.3 Å². The second-order valence-electron chi connectivity index (χ2n) is 5.14. The summed E-state index contributed by atoms with van der Waals surface area (Å²) in [6.07, 6.45) is -4.67. The van der Waals surface area contributed by atoms with Crippen LogP contribution in [0.3, 0.4) is 0 Å². The lowest BCUT2D eigenvalue weighted by atomic mass is 10.2. The summed E-state index contributed by atoms with van der Waals surface area (Å²) in [6.45, 7) is 0. The minimum absolute atomic E-state index is 0.140. The van der Waals surface area contributed by atoms with Crippen molar-refractivity contribution in [2.75, 3.05) is 14.2 Å². The first kappa shape index (κ1) is 22.4. The van der Waals surface area contributed by atoms with Gasteiger partial charge < -0.3 is 13.8 Å². The Morgan fingerprint density at radius 3 is 2.04 bits per heavy atom. The van der Waals surface area contributed by atoms with Gasteiger partial charge in [0.15, 0.2) is 5.75 Å². The maximum absolute atomic E-state index is 12.8. The van der Waals surface area contributed by atoms with E-state index in [-0.39, 0.29) is 11.5 Å². The van der Waals surface area contributed by atoms with Crippen LogP contribution in [0.4, 0.5) is 18.9 Å². The monoisotopic (exact) mass is 459 g/mol. The Kier molecular flexibility index (Phi) is 6.62. The highest BCUT2D eigenvalue weighted by Crippen LogP contribution is 2.49. The zero-order valence-corrected chi connectivity index (χ0v) is 16.5. The lowest BCUT2D eigenvalue weighted by molar-refractivity contribution is -0.383. The van der Waals surface area contributed by atoms with Crippen molar-refractivity contribution in [2.45, 2.75) is 6.18 Å². The van der Waals surface area contributed by atoms with Crippen molar-refractivity contribution in [3.8, 4) is 11.5 Å². The van der Waals surface area contributed by atoms with E-state index < -0.39 is 45.3 Å². The predicted octanol–water partition coefficient (Wildman–Crippen LogP) is 5.82. The molecule has 2 rings (SSSR count). The summed E-state index contributed by atoms with van der Waals surface area (Å²) in [7, 11) is -1.98. The normalized spacial score (nSPS) is 12.1. The first-order valence-electron chi connectivity index (χ1n) is 7.17. The van der Waals surface area contributed by atoms with Crippen molar-refractivity contribution in [1.82, 2.24) is 0 Å². The molecule has 0 heterocycles. The molecule has 0 aliphatic heterocycles. The predicted molar refractivity (Wildman–Crippen MR) is 95.9 cm³/mol. The molecule has 0 fully saturated rings. The number of ether oxygens (including phenoxy) is 1. The molecule has 0 bridgehead atoms. The van der Waals surface area contributed by atoms with Gasteiger partial charge >= 0.3 is 13.8 Å². The SMILES string of the molecule is COP(=O)(OC)c1cc(Oc2c(Cl)cc(C(F)(F)F)cc2Cl)ccc1[N+](=O)[O-]. The van der Waals surface area contributed by atoms with Gasteiger partial charge in [-0.3, -0.25) is 14.7 Å². The lowest BCUT2D eigenvalue weighted by Gasteiger charge is -2.16. The number of nitrogens with zero attached hydrogens (tertiary/aromatic N) is 1. The number of halogens is 5. The van der Waals surface area contributed by atoms with Gasteiger partial charge in [-0.15, -0.1) is 0 Å². The lowest BCUT2D eigenvalue weighted by Crippen LogP contribution is -2.13. The Hall–Kier alpha value is -1.84.